The van der Waals surface area contributed by atoms with E-state index in [1.165, 1.54) is 18.3 Å². The number of benzene rings is 1. The summed E-state index contributed by atoms with van der Waals surface area (Å²) in [4.78, 5) is 19.4. The van der Waals surface area contributed by atoms with Gasteiger partial charge < -0.3 is 10.4 Å². The van der Waals surface area contributed by atoms with Crippen LogP contribution >= 0.6 is 11.6 Å². The lowest BCUT2D eigenvalue weighted by Gasteiger charge is -2.11. The third kappa shape index (κ3) is 3.46. The minimum absolute atomic E-state index is 0.00980. The number of rotatable bonds is 4. The molecule has 0 saturated carbocycles. The van der Waals surface area contributed by atoms with Crippen LogP contribution in [-0.2, 0) is 0 Å². The third-order valence-corrected chi connectivity index (χ3v) is 2.96. The lowest BCUT2D eigenvalue weighted by Crippen LogP contribution is -2.10. The van der Waals surface area contributed by atoms with Crippen molar-refractivity contribution in [2.24, 2.45) is 0 Å². The molecule has 2 N–H and O–H groups in total. The number of hydrogen-bond acceptors (Lipinski definition) is 4. The largest absolute Gasteiger partial charge is 0.476 e. The van der Waals surface area contributed by atoms with Crippen LogP contribution in [0.5, 0.6) is 0 Å². The van der Waals surface area contributed by atoms with Gasteiger partial charge >= 0.3 is 5.97 Å². The third-order valence-electron chi connectivity index (χ3n) is 2.73. The van der Waals surface area contributed by atoms with E-state index in [-0.39, 0.29) is 28.0 Å². The molecule has 0 aliphatic rings. The molecule has 0 unspecified atom stereocenters. The van der Waals surface area contributed by atoms with Gasteiger partial charge in [0.25, 0.3) is 0 Å². The number of carboxylic acids is 1. The number of anilines is 2. The summed E-state index contributed by atoms with van der Waals surface area (Å²) in [6, 6.07) is 4.05. The van der Waals surface area contributed by atoms with Crippen molar-refractivity contribution in [2.45, 2.75) is 19.8 Å². The van der Waals surface area contributed by atoms with Crippen LogP contribution in [0.3, 0.4) is 0 Å². The van der Waals surface area contributed by atoms with Gasteiger partial charge in [-0.15, -0.1) is 0 Å². The van der Waals surface area contributed by atoms with Crippen molar-refractivity contribution in [3.05, 3.63) is 46.8 Å². The van der Waals surface area contributed by atoms with Gasteiger partial charge in [-0.1, -0.05) is 25.4 Å². The molecule has 0 aliphatic carbocycles. The van der Waals surface area contributed by atoms with E-state index in [2.05, 4.69) is 15.3 Å². The van der Waals surface area contributed by atoms with E-state index < -0.39 is 11.8 Å². The van der Waals surface area contributed by atoms with Gasteiger partial charge in [0.05, 0.1) is 17.6 Å². The second-order valence-electron chi connectivity index (χ2n) is 4.70. The summed E-state index contributed by atoms with van der Waals surface area (Å²) in [5.41, 5.74) is 0.0129. The highest BCUT2D eigenvalue weighted by molar-refractivity contribution is 6.30. The smallest absolute Gasteiger partial charge is 0.356 e. The number of halogens is 2. The summed E-state index contributed by atoms with van der Waals surface area (Å²) in [7, 11) is 0. The van der Waals surface area contributed by atoms with Gasteiger partial charge in [0.15, 0.2) is 5.69 Å². The van der Waals surface area contributed by atoms with Crippen LogP contribution < -0.4 is 5.32 Å². The number of nitrogens with zero attached hydrogens (tertiary/aromatic N) is 2. The van der Waals surface area contributed by atoms with Gasteiger partial charge in [-0.3, -0.25) is 0 Å². The Morgan fingerprint density at radius 3 is 2.67 bits per heavy atom. The average Bonchev–Trinajstić information content (AvgIpc) is 2.41. The average molecular weight is 310 g/mol. The molecule has 1 aromatic heterocycles. The second kappa shape index (κ2) is 6.05. The van der Waals surface area contributed by atoms with Crippen LogP contribution in [0.4, 0.5) is 15.8 Å². The van der Waals surface area contributed by atoms with Crippen LogP contribution in [0.1, 0.15) is 36.1 Å². The van der Waals surface area contributed by atoms with Gasteiger partial charge in [0.1, 0.15) is 11.6 Å². The van der Waals surface area contributed by atoms with E-state index >= 15 is 0 Å². The first-order valence-electron chi connectivity index (χ1n) is 6.20. The summed E-state index contributed by atoms with van der Waals surface area (Å²) in [5.74, 6) is -1.40. The van der Waals surface area contributed by atoms with E-state index in [0.29, 0.717) is 5.82 Å². The predicted octanol–water partition coefficient (Wildman–Crippen LogP) is 3.83. The number of carboxylic acid groups (broad SMARTS) is 1. The van der Waals surface area contributed by atoms with Crippen molar-refractivity contribution < 1.29 is 14.3 Å². The van der Waals surface area contributed by atoms with E-state index in [1.807, 2.05) is 13.8 Å². The highest BCUT2D eigenvalue weighted by atomic mass is 35.5. The fraction of sp³-hybridized carbons (Fsp3) is 0.214. The Morgan fingerprint density at radius 1 is 1.38 bits per heavy atom. The van der Waals surface area contributed by atoms with Crippen LogP contribution in [0.25, 0.3) is 0 Å². The Kier molecular flexibility index (Phi) is 4.37. The Labute approximate surface area is 125 Å². The van der Waals surface area contributed by atoms with Crippen molar-refractivity contribution in [3.8, 4) is 0 Å². The Bertz CT molecular complexity index is 692. The fourth-order valence-corrected chi connectivity index (χ4v) is 1.82. The minimum atomic E-state index is -1.21. The van der Waals surface area contributed by atoms with Crippen molar-refractivity contribution in [2.75, 3.05) is 5.32 Å². The zero-order valence-corrected chi connectivity index (χ0v) is 12.1. The summed E-state index contributed by atoms with van der Waals surface area (Å²) in [5, 5.41) is 12.1. The first-order valence-corrected chi connectivity index (χ1v) is 6.58. The number of aromatic carboxylic acids is 1. The van der Waals surface area contributed by atoms with Crippen molar-refractivity contribution in [1.29, 1.82) is 0 Å². The molecule has 0 saturated heterocycles. The van der Waals surface area contributed by atoms with Crippen LogP contribution in [-0.4, -0.2) is 21.0 Å². The molecule has 110 valence electrons. The molecule has 2 aromatic rings. The SMILES string of the molecule is CC(C)c1ncc(Nc2ccc(Cl)cc2F)c(C(=O)O)n1. The number of nitrogens with one attached hydrogen (secondary N) is 1. The van der Waals surface area contributed by atoms with Gasteiger partial charge in [0.2, 0.25) is 0 Å². The second-order valence-corrected chi connectivity index (χ2v) is 5.14. The van der Waals surface area contributed by atoms with Crippen LogP contribution in [0, 0.1) is 5.82 Å². The number of aromatic nitrogens is 2. The molecule has 1 aromatic carbocycles. The Balaban J connectivity index is 2.41. The summed E-state index contributed by atoms with van der Waals surface area (Å²) >= 11 is 5.67. The molecule has 5 nitrogen and oxygen atoms in total. The molecule has 0 spiro atoms. The summed E-state index contributed by atoms with van der Waals surface area (Å²) in [6.45, 7) is 3.71. The van der Waals surface area contributed by atoms with Gasteiger partial charge in [-0.25, -0.2) is 19.2 Å². The molecular weight excluding hydrogens is 297 g/mol. The minimum Gasteiger partial charge on any atom is -0.476 e. The standard InChI is InChI=1S/C14H13ClFN3O2/c1-7(2)13-17-6-11(12(19-13)14(20)21)18-10-4-3-8(15)5-9(10)16/h3-7,18H,1-2H3,(H,20,21). The predicted molar refractivity (Wildman–Crippen MR) is 77.8 cm³/mol. The maximum Gasteiger partial charge on any atom is 0.356 e. The first-order chi connectivity index (χ1) is 9.88. The number of carbonyl (C=O) groups is 1. The van der Waals surface area contributed by atoms with Gasteiger partial charge in [-0.05, 0) is 18.2 Å². The Hall–Kier alpha value is -2.21. The fourth-order valence-electron chi connectivity index (χ4n) is 1.66. The van der Waals surface area contributed by atoms with Gasteiger partial charge in [-0.2, -0.15) is 0 Å². The summed E-state index contributed by atoms with van der Waals surface area (Å²) in [6.07, 6.45) is 1.33. The lowest BCUT2D eigenvalue weighted by molar-refractivity contribution is 0.0691. The zero-order valence-electron chi connectivity index (χ0n) is 11.4. The van der Waals surface area contributed by atoms with Crippen LogP contribution in [0.15, 0.2) is 24.4 Å². The maximum atomic E-state index is 13.7. The number of hydrogen-bond donors (Lipinski definition) is 2. The highest BCUT2D eigenvalue weighted by Crippen LogP contribution is 2.25. The molecule has 0 radical (unpaired) electrons. The summed E-state index contributed by atoms with van der Waals surface area (Å²) < 4.78 is 13.7. The molecule has 1 heterocycles. The van der Waals surface area contributed by atoms with E-state index in [4.69, 9.17) is 11.6 Å². The molecule has 21 heavy (non-hydrogen) atoms. The molecule has 0 bridgehead atoms. The van der Waals surface area contributed by atoms with E-state index in [0.717, 1.165) is 6.07 Å². The lowest BCUT2D eigenvalue weighted by atomic mass is 10.2. The van der Waals surface area contributed by atoms with Crippen molar-refractivity contribution in [3.63, 3.8) is 0 Å². The molecule has 0 atom stereocenters. The van der Waals surface area contributed by atoms with E-state index in [9.17, 15) is 14.3 Å². The maximum absolute atomic E-state index is 13.7. The van der Waals surface area contributed by atoms with Gasteiger partial charge in [0, 0.05) is 10.9 Å². The molecule has 0 amide bonds. The Morgan fingerprint density at radius 2 is 2.10 bits per heavy atom. The monoisotopic (exact) mass is 309 g/mol. The highest BCUT2D eigenvalue weighted by Gasteiger charge is 2.16. The van der Waals surface area contributed by atoms with Crippen LogP contribution in [0.2, 0.25) is 5.02 Å². The topological polar surface area (TPSA) is 75.1 Å². The van der Waals surface area contributed by atoms with Crippen molar-refractivity contribution >= 4 is 28.9 Å². The molecule has 7 heteroatoms. The molecular formula is C14H13ClFN3O2. The molecule has 0 aliphatic heterocycles. The molecule has 2 rings (SSSR count). The first kappa shape index (κ1) is 15.2. The van der Waals surface area contributed by atoms with E-state index in [1.54, 1.807) is 0 Å². The zero-order chi connectivity index (χ0) is 15.6. The van der Waals surface area contributed by atoms with Crippen molar-refractivity contribution in [1.82, 2.24) is 9.97 Å². The quantitative estimate of drug-likeness (QED) is 0.897. The normalized spacial score (nSPS) is 10.7. The molecule has 0 fully saturated rings.